The Morgan fingerprint density at radius 1 is 1.56 bits per heavy atom. The van der Waals surface area contributed by atoms with Gasteiger partial charge in [0.05, 0.1) is 11.7 Å². The summed E-state index contributed by atoms with van der Waals surface area (Å²) in [7, 11) is 0. The summed E-state index contributed by atoms with van der Waals surface area (Å²) < 4.78 is 1.13. The Morgan fingerprint density at radius 3 is 2.88 bits per heavy atom. The minimum Gasteiger partial charge on any atom is -0.507 e. The van der Waals surface area contributed by atoms with Gasteiger partial charge in [0.25, 0.3) is 5.56 Å². The first-order valence-corrected chi connectivity index (χ1v) is 5.05. The van der Waals surface area contributed by atoms with Gasteiger partial charge in [-0.3, -0.25) is 9.36 Å². The molecule has 2 aromatic rings. The molecule has 0 saturated heterocycles. The summed E-state index contributed by atoms with van der Waals surface area (Å²) in [5.74, 6) is -0.124. The van der Waals surface area contributed by atoms with Crippen LogP contribution in [0.15, 0.2) is 23.0 Å². The molecule has 0 radical (unpaired) electrons. The van der Waals surface area contributed by atoms with Crippen molar-refractivity contribution in [3.05, 3.63) is 33.8 Å². The van der Waals surface area contributed by atoms with Gasteiger partial charge < -0.3 is 10.8 Å². The molecule has 0 amide bonds. The molecule has 0 fully saturated rings. The lowest BCUT2D eigenvalue weighted by Gasteiger charge is -2.12. The lowest BCUT2D eigenvalue weighted by atomic mass is 10.2. The number of nitrogens with zero attached hydrogens (tertiary/aromatic N) is 2. The number of benzene rings is 1. The predicted molar refractivity (Wildman–Crippen MR) is 61.6 cm³/mol. The minimum absolute atomic E-state index is 0.0121. The van der Waals surface area contributed by atoms with Crippen LogP contribution in [-0.2, 0) is 0 Å². The van der Waals surface area contributed by atoms with Gasteiger partial charge >= 0.3 is 0 Å². The maximum atomic E-state index is 12.0. The lowest BCUT2D eigenvalue weighted by molar-refractivity contribution is 0.479. The van der Waals surface area contributed by atoms with Gasteiger partial charge in [-0.2, -0.15) is 0 Å². The van der Waals surface area contributed by atoms with E-state index >= 15 is 0 Å². The van der Waals surface area contributed by atoms with Crippen molar-refractivity contribution in [2.75, 3.05) is 0 Å². The predicted octanol–water partition coefficient (Wildman–Crippen LogP) is 1.23. The second-order valence-corrected chi connectivity index (χ2v) is 3.81. The SMILES string of the molecule is CC(N)n1c(Cl)nc2cccc(O)c2c1=O. The number of hydrogen-bond donors (Lipinski definition) is 2. The Hall–Kier alpha value is -1.59. The average molecular weight is 240 g/mol. The van der Waals surface area contributed by atoms with Crippen molar-refractivity contribution in [2.45, 2.75) is 13.1 Å². The summed E-state index contributed by atoms with van der Waals surface area (Å²) in [6, 6.07) is 4.62. The molecule has 1 aromatic carbocycles. The molecule has 1 atom stereocenters. The fraction of sp³-hybridized carbons (Fsp3) is 0.200. The summed E-state index contributed by atoms with van der Waals surface area (Å²) in [6.07, 6.45) is -0.600. The van der Waals surface area contributed by atoms with E-state index in [9.17, 15) is 9.90 Å². The van der Waals surface area contributed by atoms with Crippen LogP contribution in [0.5, 0.6) is 5.75 Å². The molecule has 0 bridgehead atoms. The molecule has 5 nitrogen and oxygen atoms in total. The van der Waals surface area contributed by atoms with E-state index in [1.165, 1.54) is 6.07 Å². The van der Waals surface area contributed by atoms with Crippen molar-refractivity contribution in [3.8, 4) is 5.75 Å². The summed E-state index contributed by atoms with van der Waals surface area (Å²) in [6.45, 7) is 1.61. The van der Waals surface area contributed by atoms with Gasteiger partial charge in [0, 0.05) is 0 Å². The van der Waals surface area contributed by atoms with Crippen molar-refractivity contribution >= 4 is 22.5 Å². The van der Waals surface area contributed by atoms with Crippen LogP contribution in [0.4, 0.5) is 0 Å². The first-order valence-electron chi connectivity index (χ1n) is 4.67. The molecule has 84 valence electrons. The van der Waals surface area contributed by atoms with Crippen molar-refractivity contribution < 1.29 is 5.11 Å². The highest BCUT2D eigenvalue weighted by molar-refractivity contribution is 6.28. The zero-order chi connectivity index (χ0) is 11.9. The van der Waals surface area contributed by atoms with Gasteiger partial charge in [-0.25, -0.2) is 4.98 Å². The second-order valence-electron chi connectivity index (χ2n) is 3.47. The van der Waals surface area contributed by atoms with Gasteiger partial charge in [0.15, 0.2) is 0 Å². The molecule has 16 heavy (non-hydrogen) atoms. The minimum atomic E-state index is -0.600. The van der Waals surface area contributed by atoms with E-state index in [2.05, 4.69) is 4.98 Å². The quantitative estimate of drug-likeness (QED) is 0.734. The van der Waals surface area contributed by atoms with Crippen molar-refractivity contribution in [1.29, 1.82) is 0 Å². The Kier molecular flexibility index (Phi) is 2.57. The van der Waals surface area contributed by atoms with E-state index in [4.69, 9.17) is 17.3 Å². The Bertz CT molecular complexity index is 607. The highest BCUT2D eigenvalue weighted by atomic mass is 35.5. The first-order chi connectivity index (χ1) is 7.52. The smallest absolute Gasteiger partial charge is 0.267 e. The zero-order valence-corrected chi connectivity index (χ0v) is 9.27. The van der Waals surface area contributed by atoms with Crippen LogP contribution in [0.3, 0.4) is 0 Å². The molecule has 0 aliphatic rings. The third-order valence-corrected chi connectivity index (χ3v) is 2.54. The molecule has 2 rings (SSSR count). The van der Waals surface area contributed by atoms with E-state index in [0.717, 1.165) is 4.57 Å². The van der Waals surface area contributed by atoms with Crippen LogP contribution in [0.2, 0.25) is 5.28 Å². The number of aromatic nitrogens is 2. The van der Waals surface area contributed by atoms with Gasteiger partial charge in [-0.1, -0.05) is 6.07 Å². The standard InChI is InChI=1S/C10H10ClN3O2/c1-5(12)14-9(16)8-6(13-10(14)11)3-2-4-7(8)15/h2-5,15H,12H2,1H3. The van der Waals surface area contributed by atoms with Gasteiger partial charge in [-0.05, 0) is 30.7 Å². The molecule has 3 N–H and O–H groups in total. The largest absolute Gasteiger partial charge is 0.507 e. The first kappa shape index (κ1) is 10.9. The summed E-state index contributed by atoms with van der Waals surface area (Å²) >= 11 is 5.85. The molecule has 6 heteroatoms. The van der Waals surface area contributed by atoms with E-state index in [0.29, 0.717) is 5.52 Å². The molecule has 0 aliphatic heterocycles. The maximum Gasteiger partial charge on any atom is 0.267 e. The Labute approximate surface area is 96.1 Å². The molecule has 1 heterocycles. The Morgan fingerprint density at radius 2 is 2.25 bits per heavy atom. The fourth-order valence-electron chi connectivity index (χ4n) is 1.55. The lowest BCUT2D eigenvalue weighted by Crippen LogP contribution is -2.29. The number of nitrogens with two attached hydrogens (primary N) is 1. The van der Waals surface area contributed by atoms with Crippen molar-refractivity contribution in [1.82, 2.24) is 9.55 Å². The van der Waals surface area contributed by atoms with E-state index in [1.54, 1.807) is 19.1 Å². The maximum absolute atomic E-state index is 12.0. The Balaban J connectivity index is 2.97. The highest BCUT2D eigenvalue weighted by Crippen LogP contribution is 2.21. The van der Waals surface area contributed by atoms with Crippen LogP contribution >= 0.6 is 11.6 Å². The molecular weight excluding hydrogens is 230 g/mol. The van der Waals surface area contributed by atoms with Crippen LogP contribution in [0, 0.1) is 0 Å². The van der Waals surface area contributed by atoms with Crippen LogP contribution in [-0.4, -0.2) is 14.7 Å². The highest BCUT2D eigenvalue weighted by Gasteiger charge is 2.14. The van der Waals surface area contributed by atoms with Gasteiger partial charge in [-0.15, -0.1) is 0 Å². The number of aromatic hydroxyl groups is 1. The number of phenolic OH excluding ortho intramolecular Hbond substituents is 1. The monoisotopic (exact) mass is 239 g/mol. The van der Waals surface area contributed by atoms with Crippen molar-refractivity contribution in [2.24, 2.45) is 5.73 Å². The van der Waals surface area contributed by atoms with Crippen LogP contribution < -0.4 is 11.3 Å². The fourth-order valence-corrected chi connectivity index (χ4v) is 1.87. The summed E-state index contributed by atoms with van der Waals surface area (Å²) in [5, 5.41) is 9.75. The number of rotatable bonds is 1. The van der Waals surface area contributed by atoms with E-state index < -0.39 is 11.7 Å². The van der Waals surface area contributed by atoms with Gasteiger partial charge in [0.2, 0.25) is 5.28 Å². The molecule has 0 spiro atoms. The van der Waals surface area contributed by atoms with E-state index in [-0.39, 0.29) is 16.4 Å². The molecule has 1 aromatic heterocycles. The number of phenols is 1. The number of hydrogen-bond acceptors (Lipinski definition) is 4. The second kappa shape index (κ2) is 3.77. The zero-order valence-electron chi connectivity index (χ0n) is 8.51. The average Bonchev–Trinajstić information content (AvgIpc) is 2.15. The number of halogens is 1. The summed E-state index contributed by atoms with van der Waals surface area (Å²) in [4.78, 5) is 16.0. The van der Waals surface area contributed by atoms with Gasteiger partial charge in [0.1, 0.15) is 11.1 Å². The van der Waals surface area contributed by atoms with Crippen LogP contribution in [0.25, 0.3) is 10.9 Å². The third-order valence-electron chi connectivity index (χ3n) is 2.27. The number of fused-ring (bicyclic) bond motifs is 1. The van der Waals surface area contributed by atoms with E-state index in [1.807, 2.05) is 0 Å². The third kappa shape index (κ3) is 1.54. The summed E-state index contributed by atoms with van der Waals surface area (Å²) in [5.41, 5.74) is 5.53. The topological polar surface area (TPSA) is 81.1 Å². The molecular formula is C10H10ClN3O2. The van der Waals surface area contributed by atoms with Crippen LogP contribution in [0.1, 0.15) is 13.1 Å². The normalized spacial score (nSPS) is 12.9. The van der Waals surface area contributed by atoms with Crippen molar-refractivity contribution in [3.63, 3.8) is 0 Å². The molecule has 1 unspecified atom stereocenters. The molecule has 0 aliphatic carbocycles. The molecule has 0 saturated carbocycles.